The van der Waals surface area contributed by atoms with Gasteiger partial charge in [0.15, 0.2) is 0 Å². The Kier molecular flexibility index (Phi) is 9.47. The standard InChI is InChI=1S/C26H19N2.C5H12O2.Ir/c1-17-16-27-26(18(2)28-17)25-15-7-13-23-22(12-6-14-24(23)25)21-11-5-9-19-8-3-4-10-20(19)21;1-4(6)3-5(2)7;/h3-14,16H,1-2H3;4-7H,3H2,1-2H3;/q-1;;. The number of aliphatic hydroxyl groups is 2. The third kappa shape index (κ3) is 6.24. The summed E-state index contributed by atoms with van der Waals surface area (Å²) in [5.74, 6) is 0. The second-order valence-electron chi connectivity index (χ2n) is 9.03. The molecule has 0 aliphatic carbocycles. The van der Waals surface area contributed by atoms with Crippen LogP contribution in [0.1, 0.15) is 31.7 Å². The van der Waals surface area contributed by atoms with Crippen LogP contribution in [0.15, 0.2) is 79.0 Å². The molecular formula is C31H31IrN2O2-. The molecule has 0 bridgehead atoms. The average molecular weight is 656 g/mol. The molecule has 0 saturated carbocycles. The van der Waals surface area contributed by atoms with Crippen molar-refractivity contribution >= 4 is 21.5 Å². The molecule has 0 spiro atoms. The Bertz CT molecular complexity index is 1450. The summed E-state index contributed by atoms with van der Waals surface area (Å²) in [5.41, 5.74) is 6.22. The topological polar surface area (TPSA) is 66.2 Å². The van der Waals surface area contributed by atoms with Crippen LogP contribution in [0.3, 0.4) is 0 Å². The number of aliphatic hydroxyl groups excluding tert-OH is 2. The summed E-state index contributed by atoms with van der Waals surface area (Å²) >= 11 is 0. The molecule has 5 rings (SSSR count). The normalized spacial score (nSPS) is 12.4. The van der Waals surface area contributed by atoms with Gasteiger partial charge >= 0.3 is 0 Å². The van der Waals surface area contributed by atoms with Gasteiger partial charge < -0.3 is 15.2 Å². The van der Waals surface area contributed by atoms with Crippen LogP contribution in [0.2, 0.25) is 0 Å². The summed E-state index contributed by atoms with van der Waals surface area (Å²) in [6, 6.07) is 29.0. The summed E-state index contributed by atoms with van der Waals surface area (Å²) in [6.07, 6.45) is 1.55. The number of aryl methyl sites for hydroxylation is 2. The van der Waals surface area contributed by atoms with Gasteiger partial charge in [-0.2, -0.15) is 0 Å². The summed E-state index contributed by atoms with van der Waals surface area (Å²) in [6.45, 7) is 7.30. The maximum absolute atomic E-state index is 8.56. The van der Waals surface area contributed by atoms with E-state index < -0.39 is 0 Å². The molecule has 5 heteroatoms. The minimum absolute atomic E-state index is 0. The van der Waals surface area contributed by atoms with E-state index in [4.69, 9.17) is 10.2 Å². The molecule has 36 heavy (non-hydrogen) atoms. The van der Waals surface area contributed by atoms with E-state index in [1.54, 1.807) is 13.8 Å². The molecule has 0 aliphatic heterocycles. The van der Waals surface area contributed by atoms with E-state index in [9.17, 15) is 0 Å². The molecular weight excluding hydrogens is 625 g/mol. The van der Waals surface area contributed by atoms with Gasteiger partial charge in [0.05, 0.1) is 17.9 Å². The first-order chi connectivity index (χ1) is 16.8. The second-order valence-corrected chi connectivity index (χ2v) is 9.03. The van der Waals surface area contributed by atoms with Crippen LogP contribution in [0.5, 0.6) is 0 Å². The van der Waals surface area contributed by atoms with E-state index in [1.807, 2.05) is 26.1 Å². The van der Waals surface area contributed by atoms with Crippen molar-refractivity contribution in [3.63, 3.8) is 0 Å². The number of nitrogens with zero attached hydrogens (tertiary/aromatic N) is 2. The fourth-order valence-corrected chi connectivity index (χ4v) is 4.48. The first-order valence-electron chi connectivity index (χ1n) is 11.9. The molecule has 2 N–H and O–H groups in total. The van der Waals surface area contributed by atoms with Gasteiger partial charge in [0.25, 0.3) is 0 Å². The van der Waals surface area contributed by atoms with Crippen molar-refractivity contribution in [1.82, 2.24) is 9.97 Å². The monoisotopic (exact) mass is 656 g/mol. The van der Waals surface area contributed by atoms with E-state index in [2.05, 4.69) is 82.8 Å². The number of rotatable bonds is 4. The Morgan fingerprint density at radius 3 is 2.06 bits per heavy atom. The number of benzene rings is 4. The SMILES string of the molecule is CC(O)CC(C)O.Cc1cnc(-c2[c-]ccc3c(-c4cccc5ccccc45)cccc23)c(C)n1.[Ir]. The summed E-state index contributed by atoms with van der Waals surface area (Å²) < 4.78 is 0. The van der Waals surface area contributed by atoms with Gasteiger partial charge in [-0.1, -0.05) is 71.4 Å². The molecule has 4 aromatic carbocycles. The zero-order chi connectivity index (χ0) is 24.9. The van der Waals surface area contributed by atoms with Gasteiger partial charge in [0, 0.05) is 37.7 Å². The third-order valence-corrected chi connectivity index (χ3v) is 5.92. The Morgan fingerprint density at radius 1 is 0.778 bits per heavy atom. The van der Waals surface area contributed by atoms with Gasteiger partial charge in [-0.05, 0) is 56.0 Å². The zero-order valence-electron chi connectivity index (χ0n) is 21.0. The van der Waals surface area contributed by atoms with Crippen molar-refractivity contribution in [3.8, 4) is 22.4 Å². The molecule has 0 aliphatic rings. The Labute approximate surface area is 226 Å². The molecule has 4 nitrogen and oxygen atoms in total. The summed E-state index contributed by atoms with van der Waals surface area (Å²) in [5, 5.41) is 22.0. The summed E-state index contributed by atoms with van der Waals surface area (Å²) in [4.78, 5) is 9.25. The minimum atomic E-state index is -0.375. The Hall–Kier alpha value is -2.95. The minimum Gasteiger partial charge on any atom is -0.393 e. The fourth-order valence-electron chi connectivity index (χ4n) is 4.48. The van der Waals surface area contributed by atoms with E-state index in [-0.39, 0.29) is 32.3 Å². The Morgan fingerprint density at radius 2 is 1.39 bits per heavy atom. The Balaban J connectivity index is 0.000000400. The van der Waals surface area contributed by atoms with Crippen molar-refractivity contribution in [2.24, 2.45) is 0 Å². The smallest absolute Gasteiger partial charge is 0.0539 e. The van der Waals surface area contributed by atoms with Crippen molar-refractivity contribution in [2.75, 3.05) is 0 Å². The maximum atomic E-state index is 8.56. The first kappa shape index (κ1) is 27.6. The van der Waals surface area contributed by atoms with Crippen LogP contribution >= 0.6 is 0 Å². The molecule has 2 unspecified atom stereocenters. The predicted molar refractivity (Wildman–Crippen MR) is 144 cm³/mol. The van der Waals surface area contributed by atoms with Crippen LogP contribution in [-0.4, -0.2) is 32.4 Å². The van der Waals surface area contributed by atoms with Crippen molar-refractivity contribution < 1.29 is 30.3 Å². The van der Waals surface area contributed by atoms with E-state index in [1.165, 1.54) is 27.3 Å². The van der Waals surface area contributed by atoms with Gasteiger partial charge in [0.2, 0.25) is 0 Å². The number of hydrogen-bond donors (Lipinski definition) is 2. The fraction of sp³-hybridized carbons (Fsp3) is 0.226. The van der Waals surface area contributed by atoms with Crippen molar-refractivity contribution in [2.45, 2.75) is 46.3 Å². The van der Waals surface area contributed by atoms with E-state index in [0.29, 0.717) is 6.42 Å². The number of hydrogen-bond acceptors (Lipinski definition) is 4. The molecule has 1 radical (unpaired) electrons. The zero-order valence-corrected chi connectivity index (χ0v) is 23.4. The first-order valence-corrected chi connectivity index (χ1v) is 11.9. The maximum Gasteiger partial charge on any atom is 0.0539 e. The predicted octanol–water partition coefficient (Wildman–Crippen LogP) is 6.67. The molecule has 0 fully saturated rings. The molecule has 5 aromatic rings. The van der Waals surface area contributed by atoms with Crippen LogP contribution in [-0.2, 0) is 20.1 Å². The largest absolute Gasteiger partial charge is 0.393 e. The molecule has 1 aromatic heterocycles. The van der Waals surface area contributed by atoms with Gasteiger partial charge in [-0.25, -0.2) is 0 Å². The van der Waals surface area contributed by atoms with Crippen LogP contribution in [0.4, 0.5) is 0 Å². The molecule has 1 heterocycles. The molecule has 187 valence electrons. The van der Waals surface area contributed by atoms with Crippen LogP contribution < -0.4 is 0 Å². The third-order valence-electron chi connectivity index (χ3n) is 5.92. The van der Waals surface area contributed by atoms with Crippen LogP contribution in [0, 0.1) is 19.9 Å². The quantitative estimate of drug-likeness (QED) is 0.213. The number of aromatic nitrogens is 2. The van der Waals surface area contributed by atoms with E-state index >= 15 is 0 Å². The molecule has 0 amide bonds. The van der Waals surface area contributed by atoms with Crippen LogP contribution in [0.25, 0.3) is 43.9 Å². The average Bonchev–Trinajstić information content (AvgIpc) is 2.83. The molecule has 0 saturated heterocycles. The van der Waals surface area contributed by atoms with Crippen molar-refractivity contribution in [3.05, 3.63) is 96.4 Å². The van der Waals surface area contributed by atoms with Gasteiger partial charge in [-0.3, -0.25) is 4.98 Å². The van der Waals surface area contributed by atoms with Gasteiger partial charge in [0.1, 0.15) is 0 Å². The summed E-state index contributed by atoms with van der Waals surface area (Å²) in [7, 11) is 0. The van der Waals surface area contributed by atoms with Crippen molar-refractivity contribution in [1.29, 1.82) is 0 Å². The molecule has 2 atom stereocenters. The number of fused-ring (bicyclic) bond motifs is 2. The van der Waals surface area contributed by atoms with E-state index in [0.717, 1.165) is 28.0 Å². The van der Waals surface area contributed by atoms with Gasteiger partial charge in [-0.15, -0.1) is 23.8 Å². The second kappa shape index (κ2) is 12.3.